The SMILES string of the molecule is O=C(c1ccccc1F)N1CCN(C(=O)C2CC2c2cccc(Cl)c2Cl)CC1. The molecule has 2 unspecified atom stereocenters. The second-order valence-corrected chi connectivity index (χ2v) is 7.97. The molecule has 0 radical (unpaired) electrons. The van der Waals surface area contributed by atoms with E-state index in [-0.39, 0.29) is 29.2 Å². The highest BCUT2D eigenvalue weighted by Crippen LogP contribution is 2.51. The first-order chi connectivity index (χ1) is 13.5. The topological polar surface area (TPSA) is 40.6 Å². The van der Waals surface area contributed by atoms with Crippen LogP contribution in [0.1, 0.15) is 28.3 Å². The largest absolute Gasteiger partial charge is 0.339 e. The smallest absolute Gasteiger partial charge is 0.256 e. The second-order valence-electron chi connectivity index (χ2n) is 7.19. The lowest BCUT2D eigenvalue weighted by Gasteiger charge is -2.35. The van der Waals surface area contributed by atoms with Crippen molar-refractivity contribution in [3.05, 3.63) is 69.5 Å². The number of rotatable bonds is 3. The molecule has 1 saturated heterocycles. The highest BCUT2D eigenvalue weighted by atomic mass is 35.5. The fourth-order valence-electron chi connectivity index (χ4n) is 3.79. The molecule has 2 amide bonds. The monoisotopic (exact) mass is 420 g/mol. The van der Waals surface area contributed by atoms with Gasteiger partial charge in [0, 0.05) is 32.1 Å². The van der Waals surface area contributed by atoms with Gasteiger partial charge in [-0.15, -0.1) is 0 Å². The van der Waals surface area contributed by atoms with Crippen LogP contribution in [0.15, 0.2) is 42.5 Å². The number of carbonyl (C=O) groups excluding carboxylic acids is 2. The summed E-state index contributed by atoms with van der Waals surface area (Å²) in [4.78, 5) is 28.7. The van der Waals surface area contributed by atoms with Crippen LogP contribution in [0.25, 0.3) is 0 Å². The maximum absolute atomic E-state index is 13.8. The summed E-state index contributed by atoms with van der Waals surface area (Å²) in [5, 5.41) is 1.02. The number of piperazine rings is 1. The zero-order valence-electron chi connectivity index (χ0n) is 15.1. The third kappa shape index (κ3) is 3.61. The number of amides is 2. The second kappa shape index (κ2) is 7.72. The Balaban J connectivity index is 1.36. The molecule has 1 saturated carbocycles. The fraction of sp³-hybridized carbons (Fsp3) is 0.333. The van der Waals surface area contributed by atoms with E-state index in [2.05, 4.69) is 0 Å². The van der Waals surface area contributed by atoms with Gasteiger partial charge in [0.2, 0.25) is 5.91 Å². The van der Waals surface area contributed by atoms with E-state index >= 15 is 0 Å². The van der Waals surface area contributed by atoms with E-state index < -0.39 is 5.82 Å². The molecule has 0 aromatic heterocycles. The van der Waals surface area contributed by atoms with Crippen molar-refractivity contribution in [2.45, 2.75) is 12.3 Å². The predicted octanol–water partition coefficient (Wildman–Crippen LogP) is 4.22. The van der Waals surface area contributed by atoms with Crippen molar-refractivity contribution in [1.29, 1.82) is 0 Å². The lowest BCUT2D eigenvalue weighted by molar-refractivity contribution is -0.134. The number of benzene rings is 2. The molecule has 1 aliphatic heterocycles. The minimum Gasteiger partial charge on any atom is -0.339 e. The fourth-order valence-corrected chi connectivity index (χ4v) is 4.24. The molecule has 4 rings (SSSR count). The molecule has 0 bridgehead atoms. The van der Waals surface area contributed by atoms with Gasteiger partial charge in [0.15, 0.2) is 0 Å². The zero-order chi connectivity index (χ0) is 19.8. The van der Waals surface area contributed by atoms with E-state index in [4.69, 9.17) is 23.2 Å². The van der Waals surface area contributed by atoms with Gasteiger partial charge in [-0.3, -0.25) is 9.59 Å². The third-order valence-corrected chi connectivity index (χ3v) is 6.30. The Morgan fingerprint density at radius 2 is 1.61 bits per heavy atom. The summed E-state index contributed by atoms with van der Waals surface area (Å²) >= 11 is 12.4. The minimum atomic E-state index is -0.523. The normalized spacial score (nSPS) is 21.5. The molecule has 2 aliphatic rings. The van der Waals surface area contributed by atoms with Gasteiger partial charge >= 0.3 is 0 Å². The first kappa shape index (κ1) is 19.2. The van der Waals surface area contributed by atoms with E-state index in [0.717, 1.165) is 12.0 Å². The molecule has 1 heterocycles. The molecular formula is C21H19Cl2FN2O2. The predicted molar refractivity (Wildman–Crippen MR) is 106 cm³/mol. The van der Waals surface area contributed by atoms with Gasteiger partial charge in [0.05, 0.1) is 15.6 Å². The summed E-state index contributed by atoms with van der Waals surface area (Å²) < 4.78 is 13.8. The maximum Gasteiger partial charge on any atom is 0.256 e. The van der Waals surface area contributed by atoms with Crippen molar-refractivity contribution in [2.75, 3.05) is 26.2 Å². The van der Waals surface area contributed by atoms with Gasteiger partial charge in [-0.2, -0.15) is 0 Å². The van der Waals surface area contributed by atoms with E-state index in [0.29, 0.717) is 36.2 Å². The number of hydrogen-bond donors (Lipinski definition) is 0. The van der Waals surface area contributed by atoms with Crippen LogP contribution in [-0.4, -0.2) is 47.8 Å². The van der Waals surface area contributed by atoms with Crippen LogP contribution in [0.5, 0.6) is 0 Å². The first-order valence-corrected chi connectivity index (χ1v) is 9.99. The van der Waals surface area contributed by atoms with E-state index in [9.17, 15) is 14.0 Å². The van der Waals surface area contributed by atoms with E-state index in [1.54, 1.807) is 28.0 Å². The number of halogens is 3. The number of carbonyl (C=O) groups is 2. The summed E-state index contributed by atoms with van der Waals surface area (Å²) in [6.07, 6.45) is 0.757. The highest BCUT2D eigenvalue weighted by molar-refractivity contribution is 6.42. The summed E-state index contributed by atoms with van der Waals surface area (Å²) in [7, 11) is 0. The molecule has 2 atom stereocenters. The molecule has 0 N–H and O–H groups in total. The molecule has 2 aromatic carbocycles. The summed E-state index contributed by atoms with van der Waals surface area (Å²) in [6.45, 7) is 1.69. The maximum atomic E-state index is 13.8. The standard InChI is InChI=1S/C21H19Cl2FN2O2/c22-17-6-3-5-13(19(17)23)15-12-16(15)21(28)26-10-8-25(9-11-26)20(27)14-4-1-2-7-18(14)24/h1-7,15-16H,8-12H2. The van der Waals surface area contributed by atoms with Crippen LogP contribution < -0.4 is 0 Å². The first-order valence-electron chi connectivity index (χ1n) is 9.24. The molecule has 0 spiro atoms. The minimum absolute atomic E-state index is 0.0696. The zero-order valence-corrected chi connectivity index (χ0v) is 16.6. The van der Waals surface area contributed by atoms with Gasteiger partial charge < -0.3 is 9.80 Å². The Hall–Kier alpha value is -2.11. The molecule has 1 aliphatic carbocycles. The van der Waals surface area contributed by atoms with Gasteiger partial charge in [0.1, 0.15) is 5.82 Å². The van der Waals surface area contributed by atoms with Crippen molar-refractivity contribution in [3.63, 3.8) is 0 Å². The van der Waals surface area contributed by atoms with Crippen LogP contribution in [0.4, 0.5) is 4.39 Å². The van der Waals surface area contributed by atoms with E-state index in [1.165, 1.54) is 12.1 Å². The Labute approximate surface area is 172 Å². The average molecular weight is 421 g/mol. The molecule has 28 heavy (non-hydrogen) atoms. The molecule has 2 fully saturated rings. The number of nitrogens with zero attached hydrogens (tertiary/aromatic N) is 2. The Bertz CT molecular complexity index is 928. The molecule has 2 aromatic rings. The van der Waals surface area contributed by atoms with Crippen LogP contribution in [0.3, 0.4) is 0 Å². The van der Waals surface area contributed by atoms with Crippen molar-refractivity contribution in [2.24, 2.45) is 5.92 Å². The van der Waals surface area contributed by atoms with Crippen molar-refractivity contribution >= 4 is 35.0 Å². The quantitative estimate of drug-likeness (QED) is 0.745. The Kier molecular flexibility index (Phi) is 5.30. The summed E-state index contributed by atoms with van der Waals surface area (Å²) in [5.74, 6) is -0.772. The third-order valence-electron chi connectivity index (χ3n) is 5.47. The van der Waals surface area contributed by atoms with Crippen molar-refractivity contribution < 1.29 is 14.0 Å². The molecule has 4 nitrogen and oxygen atoms in total. The number of hydrogen-bond acceptors (Lipinski definition) is 2. The van der Waals surface area contributed by atoms with Crippen molar-refractivity contribution in [1.82, 2.24) is 9.80 Å². The molecule has 7 heteroatoms. The Morgan fingerprint density at radius 1 is 0.929 bits per heavy atom. The Morgan fingerprint density at radius 3 is 2.32 bits per heavy atom. The molecule has 146 valence electrons. The van der Waals surface area contributed by atoms with Crippen LogP contribution in [0, 0.1) is 11.7 Å². The lowest BCUT2D eigenvalue weighted by atomic mass is 10.1. The van der Waals surface area contributed by atoms with Gasteiger partial charge in [-0.05, 0) is 36.1 Å². The van der Waals surface area contributed by atoms with Gasteiger partial charge in [0.25, 0.3) is 5.91 Å². The van der Waals surface area contributed by atoms with Gasteiger partial charge in [-0.25, -0.2) is 4.39 Å². The van der Waals surface area contributed by atoms with Crippen molar-refractivity contribution in [3.8, 4) is 0 Å². The van der Waals surface area contributed by atoms with Crippen LogP contribution in [-0.2, 0) is 4.79 Å². The lowest BCUT2D eigenvalue weighted by Crippen LogP contribution is -2.51. The average Bonchev–Trinajstić information content (AvgIpc) is 3.50. The molecular weight excluding hydrogens is 402 g/mol. The van der Waals surface area contributed by atoms with E-state index in [1.807, 2.05) is 12.1 Å². The highest BCUT2D eigenvalue weighted by Gasteiger charge is 2.47. The van der Waals surface area contributed by atoms with Crippen LogP contribution in [0.2, 0.25) is 10.0 Å². The van der Waals surface area contributed by atoms with Crippen LogP contribution >= 0.6 is 23.2 Å². The summed E-state index contributed by atoms with van der Waals surface area (Å²) in [6, 6.07) is 11.5. The summed E-state index contributed by atoms with van der Waals surface area (Å²) in [5.41, 5.74) is 0.987. The van der Waals surface area contributed by atoms with Gasteiger partial charge in [-0.1, -0.05) is 47.5 Å².